The molecule has 20 heavy (non-hydrogen) atoms. The second-order valence-electron chi connectivity index (χ2n) is 5.17. The maximum Gasteiger partial charge on any atom is 0.240 e. The van der Waals surface area contributed by atoms with Gasteiger partial charge in [0.2, 0.25) is 10.0 Å². The minimum atomic E-state index is -3.65. The first-order chi connectivity index (χ1) is 9.40. The Morgan fingerprint density at radius 2 is 2.20 bits per heavy atom. The zero-order chi connectivity index (χ0) is 14.8. The van der Waals surface area contributed by atoms with Crippen LogP contribution in [0.4, 0.5) is 10.1 Å². The van der Waals surface area contributed by atoms with Crippen LogP contribution in [0, 0.1) is 5.82 Å². The predicted molar refractivity (Wildman–Crippen MR) is 76.3 cm³/mol. The molecule has 1 saturated heterocycles. The fourth-order valence-electron chi connectivity index (χ4n) is 2.38. The van der Waals surface area contributed by atoms with E-state index in [0.29, 0.717) is 6.54 Å². The first-order valence-electron chi connectivity index (χ1n) is 6.65. The quantitative estimate of drug-likeness (QED) is 0.819. The van der Waals surface area contributed by atoms with E-state index in [1.807, 2.05) is 7.05 Å². The second-order valence-corrected chi connectivity index (χ2v) is 6.93. The smallest absolute Gasteiger partial charge is 0.240 e. The van der Waals surface area contributed by atoms with E-state index in [1.165, 1.54) is 6.07 Å². The van der Waals surface area contributed by atoms with Crippen LogP contribution in [0.2, 0.25) is 0 Å². The summed E-state index contributed by atoms with van der Waals surface area (Å²) in [6.07, 6.45) is 3.24. The van der Waals surface area contributed by atoms with Crippen LogP contribution in [0.25, 0.3) is 0 Å². The van der Waals surface area contributed by atoms with Crippen molar-refractivity contribution in [3.63, 3.8) is 0 Å². The van der Waals surface area contributed by atoms with Gasteiger partial charge in [-0.2, -0.15) is 0 Å². The fraction of sp³-hybridized carbons (Fsp3) is 0.538. The molecular formula is C13H20FN3O2S. The first-order valence-corrected chi connectivity index (χ1v) is 8.13. The number of nitrogens with two attached hydrogens (primary N) is 1. The van der Waals surface area contributed by atoms with Crippen molar-refractivity contribution in [1.29, 1.82) is 0 Å². The van der Waals surface area contributed by atoms with Gasteiger partial charge in [-0.1, -0.05) is 6.42 Å². The van der Waals surface area contributed by atoms with Crippen molar-refractivity contribution in [2.45, 2.75) is 30.2 Å². The number of hydrogen-bond donors (Lipinski definition) is 2. The molecule has 1 heterocycles. The highest BCUT2D eigenvalue weighted by Crippen LogP contribution is 2.18. The topological polar surface area (TPSA) is 75.4 Å². The Morgan fingerprint density at radius 1 is 1.45 bits per heavy atom. The number of nitrogens with one attached hydrogen (secondary N) is 1. The summed E-state index contributed by atoms with van der Waals surface area (Å²) in [5.41, 5.74) is 5.24. The number of sulfonamides is 1. The summed E-state index contributed by atoms with van der Waals surface area (Å²) in [7, 11) is -1.65. The average Bonchev–Trinajstić information content (AvgIpc) is 2.41. The molecule has 5 nitrogen and oxygen atoms in total. The van der Waals surface area contributed by atoms with Gasteiger partial charge < -0.3 is 10.6 Å². The van der Waals surface area contributed by atoms with Gasteiger partial charge in [0, 0.05) is 12.6 Å². The number of benzene rings is 1. The zero-order valence-electron chi connectivity index (χ0n) is 11.5. The molecule has 0 amide bonds. The lowest BCUT2D eigenvalue weighted by molar-refractivity contribution is 0.187. The third-order valence-corrected chi connectivity index (χ3v) is 5.13. The number of likely N-dealkylation sites (tertiary alicyclic amines) is 1. The van der Waals surface area contributed by atoms with Crippen molar-refractivity contribution in [3.8, 4) is 0 Å². The summed E-state index contributed by atoms with van der Waals surface area (Å²) in [4.78, 5) is 2.15. The molecule has 1 aromatic rings. The van der Waals surface area contributed by atoms with Gasteiger partial charge in [-0.3, -0.25) is 0 Å². The summed E-state index contributed by atoms with van der Waals surface area (Å²) >= 11 is 0. The van der Waals surface area contributed by atoms with E-state index >= 15 is 0 Å². The molecular weight excluding hydrogens is 281 g/mol. The van der Waals surface area contributed by atoms with Crippen LogP contribution in [-0.2, 0) is 10.0 Å². The monoisotopic (exact) mass is 301 g/mol. The van der Waals surface area contributed by atoms with Crippen molar-refractivity contribution in [3.05, 3.63) is 24.0 Å². The maximum atomic E-state index is 13.1. The van der Waals surface area contributed by atoms with Crippen LogP contribution in [0.1, 0.15) is 19.3 Å². The molecule has 1 aliphatic rings. The third-order valence-electron chi connectivity index (χ3n) is 3.71. The van der Waals surface area contributed by atoms with E-state index in [4.69, 9.17) is 5.73 Å². The lowest BCUT2D eigenvalue weighted by Gasteiger charge is -2.32. The normalized spacial score (nSPS) is 21.0. The molecule has 0 bridgehead atoms. The summed E-state index contributed by atoms with van der Waals surface area (Å²) in [5.74, 6) is -0.615. The Balaban J connectivity index is 2.05. The van der Waals surface area contributed by atoms with Gasteiger partial charge in [0.1, 0.15) is 5.82 Å². The van der Waals surface area contributed by atoms with Gasteiger partial charge in [0.25, 0.3) is 0 Å². The molecule has 0 saturated carbocycles. The van der Waals surface area contributed by atoms with Crippen molar-refractivity contribution in [2.75, 3.05) is 25.9 Å². The molecule has 3 N–H and O–H groups in total. The number of hydrogen-bond acceptors (Lipinski definition) is 4. The van der Waals surface area contributed by atoms with E-state index in [9.17, 15) is 12.8 Å². The van der Waals surface area contributed by atoms with Gasteiger partial charge in [-0.25, -0.2) is 17.5 Å². The van der Waals surface area contributed by atoms with Crippen LogP contribution in [0.5, 0.6) is 0 Å². The van der Waals surface area contributed by atoms with Crippen molar-refractivity contribution < 1.29 is 12.8 Å². The van der Waals surface area contributed by atoms with Gasteiger partial charge in [0.15, 0.2) is 0 Å². The Labute approximate surface area is 119 Å². The number of rotatable bonds is 4. The third kappa shape index (κ3) is 3.47. The molecule has 0 radical (unpaired) electrons. The Kier molecular flexibility index (Phi) is 4.62. The molecule has 7 heteroatoms. The Bertz CT molecular complexity index is 577. The van der Waals surface area contributed by atoms with E-state index in [0.717, 1.165) is 37.9 Å². The Hall–Kier alpha value is -1.18. The van der Waals surface area contributed by atoms with Gasteiger partial charge >= 0.3 is 0 Å². The first kappa shape index (κ1) is 15.2. The molecule has 0 aromatic heterocycles. The van der Waals surface area contributed by atoms with Crippen molar-refractivity contribution in [2.24, 2.45) is 0 Å². The highest BCUT2D eigenvalue weighted by atomic mass is 32.2. The minimum Gasteiger partial charge on any atom is -0.396 e. The molecule has 112 valence electrons. The number of likely N-dealkylation sites (N-methyl/N-ethyl adjacent to an activating group) is 1. The largest absolute Gasteiger partial charge is 0.396 e. The predicted octanol–water partition coefficient (Wildman–Crippen LogP) is 1.17. The van der Waals surface area contributed by atoms with Crippen LogP contribution in [-0.4, -0.2) is 39.5 Å². The lowest BCUT2D eigenvalue weighted by atomic mass is 10.0. The van der Waals surface area contributed by atoms with E-state index in [-0.39, 0.29) is 16.6 Å². The molecule has 1 aromatic carbocycles. The van der Waals surface area contributed by atoms with Gasteiger partial charge in [0.05, 0.1) is 10.6 Å². The van der Waals surface area contributed by atoms with Crippen LogP contribution in [0.3, 0.4) is 0 Å². The Morgan fingerprint density at radius 3 is 2.85 bits per heavy atom. The molecule has 0 aliphatic carbocycles. The number of piperidine rings is 1. The average molecular weight is 301 g/mol. The SMILES string of the molecule is CN1CCCCC1CNS(=O)(=O)c1ccc(F)c(N)c1. The van der Waals surface area contributed by atoms with E-state index in [1.54, 1.807) is 0 Å². The molecule has 0 spiro atoms. The number of anilines is 1. The second kappa shape index (κ2) is 6.07. The maximum absolute atomic E-state index is 13.1. The number of halogens is 1. The summed E-state index contributed by atoms with van der Waals surface area (Å²) < 4.78 is 39.9. The van der Waals surface area contributed by atoms with Gasteiger partial charge in [-0.15, -0.1) is 0 Å². The lowest BCUT2D eigenvalue weighted by Crippen LogP contribution is -2.44. The summed E-state index contributed by atoms with van der Waals surface area (Å²) in [6.45, 7) is 1.34. The summed E-state index contributed by atoms with van der Waals surface area (Å²) in [6, 6.07) is 3.63. The molecule has 1 fully saturated rings. The minimum absolute atomic E-state index is 0.00476. The molecule has 1 atom stereocenters. The zero-order valence-corrected chi connectivity index (χ0v) is 12.3. The van der Waals surface area contributed by atoms with Crippen molar-refractivity contribution >= 4 is 15.7 Å². The highest BCUT2D eigenvalue weighted by Gasteiger charge is 2.22. The van der Waals surface area contributed by atoms with Crippen LogP contribution in [0.15, 0.2) is 23.1 Å². The standard InChI is InChI=1S/C13H20FN3O2S/c1-17-7-3-2-4-10(17)9-16-20(18,19)11-5-6-12(14)13(15)8-11/h5-6,8,10,16H,2-4,7,9,15H2,1H3. The highest BCUT2D eigenvalue weighted by molar-refractivity contribution is 7.89. The van der Waals surface area contributed by atoms with Crippen LogP contribution < -0.4 is 10.5 Å². The van der Waals surface area contributed by atoms with Gasteiger partial charge in [-0.05, 0) is 44.6 Å². The number of nitrogens with zero attached hydrogens (tertiary/aromatic N) is 1. The van der Waals surface area contributed by atoms with Crippen molar-refractivity contribution in [1.82, 2.24) is 9.62 Å². The van der Waals surface area contributed by atoms with E-state index < -0.39 is 15.8 Å². The number of nitrogen functional groups attached to an aromatic ring is 1. The molecule has 2 rings (SSSR count). The van der Waals surface area contributed by atoms with Crippen LogP contribution >= 0.6 is 0 Å². The molecule has 1 aliphatic heterocycles. The summed E-state index contributed by atoms with van der Waals surface area (Å²) in [5, 5.41) is 0. The fourth-order valence-corrected chi connectivity index (χ4v) is 3.49. The molecule has 1 unspecified atom stereocenters. The van der Waals surface area contributed by atoms with E-state index in [2.05, 4.69) is 9.62 Å².